The highest BCUT2D eigenvalue weighted by Crippen LogP contribution is 2.31. The molecule has 4 nitrogen and oxygen atoms in total. The van der Waals surface area contributed by atoms with Gasteiger partial charge in [0.1, 0.15) is 23.1 Å². The van der Waals surface area contributed by atoms with Gasteiger partial charge in [0.05, 0.1) is 13.2 Å². The second kappa shape index (κ2) is 7.61. The minimum absolute atomic E-state index is 0.466. The van der Waals surface area contributed by atoms with Crippen LogP contribution in [-0.2, 0) is 0 Å². The number of nitrogens with zero attached hydrogens (tertiary/aromatic N) is 2. The lowest BCUT2D eigenvalue weighted by Crippen LogP contribution is -2.36. The van der Waals surface area contributed by atoms with Crippen molar-refractivity contribution in [1.82, 2.24) is 9.88 Å². The average molecular weight is 318 g/mol. The second-order valence-electron chi connectivity index (χ2n) is 5.44. The first-order chi connectivity index (χ1) is 10.9. The van der Waals surface area contributed by atoms with E-state index in [9.17, 15) is 0 Å². The minimum atomic E-state index is 0.466. The standard InChI is InChI=1S/C17H22N2O2S/c1-20-14-5-7-15(8-6-14)21-12-11-19-10-3-2-4-16(19)17-18-9-13-22-17/h5-9,13,16H,2-4,10-12H2,1H3. The lowest BCUT2D eigenvalue weighted by molar-refractivity contribution is 0.123. The Morgan fingerprint density at radius 3 is 2.77 bits per heavy atom. The molecule has 1 unspecified atom stereocenters. The molecule has 3 rings (SSSR count). The van der Waals surface area contributed by atoms with Gasteiger partial charge in [0.25, 0.3) is 0 Å². The first-order valence-electron chi connectivity index (χ1n) is 7.77. The number of ether oxygens (including phenoxy) is 2. The van der Waals surface area contributed by atoms with E-state index in [0.29, 0.717) is 12.6 Å². The molecule has 118 valence electrons. The molecule has 22 heavy (non-hydrogen) atoms. The SMILES string of the molecule is COc1ccc(OCCN2CCCCC2c2nccs2)cc1. The molecule has 1 saturated heterocycles. The number of thiazole rings is 1. The highest BCUT2D eigenvalue weighted by Gasteiger charge is 2.25. The molecule has 0 bridgehead atoms. The molecular formula is C17H22N2O2S. The third-order valence-corrected chi connectivity index (χ3v) is 4.93. The van der Waals surface area contributed by atoms with Crippen LogP contribution in [-0.4, -0.2) is 36.7 Å². The quantitative estimate of drug-likeness (QED) is 0.812. The van der Waals surface area contributed by atoms with E-state index in [-0.39, 0.29) is 0 Å². The molecular weight excluding hydrogens is 296 g/mol. The van der Waals surface area contributed by atoms with Gasteiger partial charge in [-0.15, -0.1) is 11.3 Å². The van der Waals surface area contributed by atoms with E-state index < -0.39 is 0 Å². The number of piperidine rings is 1. The van der Waals surface area contributed by atoms with Gasteiger partial charge in [0, 0.05) is 18.1 Å². The predicted molar refractivity (Wildman–Crippen MR) is 88.8 cm³/mol. The van der Waals surface area contributed by atoms with Crippen LogP contribution in [0.3, 0.4) is 0 Å². The summed E-state index contributed by atoms with van der Waals surface area (Å²) in [5.41, 5.74) is 0. The fraction of sp³-hybridized carbons (Fsp3) is 0.471. The zero-order chi connectivity index (χ0) is 15.2. The number of benzene rings is 1. The van der Waals surface area contributed by atoms with Crippen molar-refractivity contribution in [3.8, 4) is 11.5 Å². The van der Waals surface area contributed by atoms with Gasteiger partial charge < -0.3 is 9.47 Å². The highest BCUT2D eigenvalue weighted by atomic mass is 32.1. The molecule has 1 aromatic carbocycles. The predicted octanol–water partition coefficient (Wildman–Crippen LogP) is 3.76. The van der Waals surface area contributed by atoms with Crippen molar-refractivity contribution < 1.29 is 9.47 Å². The molecule has 0 amide bonds. The molecule has 0 aliphatic carbocycles. The minimum Gasteiger partial charge on any atom is -0.497 e. The van der Waals surface area contributed by atoms with E-state index in [1.165, 1.54) is 24.3 Å². The lowest BCUT2D eigenvalue weighted by Gasteiger charge is -2.34. The molecule has 1 aromatic heterocycles. The Morgan fingerprint density at radius 1 is 1.23 bits per heavy atom. The molecule has 0 saturated carbocycles. The van der Waals surface area contributed by atoms with Crippen LogP contribution in [0.1, 0.15) is 30.3 Å². The summed E-state index contributed by atoms with van der Waals surface area (Å²) in [6.07, 6.45) is 5.67. The average Bonchev–Trinajstić information content (AvgIpc) is 3.10. The van der Waals surface area contributed by atoms with E-state index in [4.69, 9.17) is 9.47 Å². The number of hydrogen-bond donors (Lipinski definition) is 0. The summed E-state index contributed by atoms with van der Waals surface area (Å²) in [6.45, 7) is 2.78. The van der Waals surface area contributed by atoms with Gasteiger partial charge >= 0.3 is 0 Å². The van der Waals surface area contributed by atoms with Crippen molar-refractivity contribution in [2.75, 3.05) is 26.8 Å². The van der Waals surface area contributed by atoms with Crippen molar-refractivity contribution in [3.63, 3.8) is 0 Å². The van der Waals surface area contributed by atoms with Crippen LogP contribution >= 0.6 is 11.3 Å². The largest absolute Gasteiger partial charge is 0.497 e. The van der Waals surface area contributed by atoms with Crippen LogP contribution in [0.4, 0.5) is 0 Å². The Bertz CT molecular complexity index is 557. The zero-order valence-corrected chi connectivity index (χ0v) is 13.7. The van der Waals surface area contributed by atoms with Crippen molar-refractivity contribution in [2.24, 2.45) is 0 Å². The van der Waals surface area contributed by atoms with Gasteiger partial charge in [-0.3, -0.25) is 4.90 Å². The topological polar surface area (TPSA) is 34.6 Å². The summed E-state index contributed by atoms with van der Waals surface area (Å²) >= 11 is 1.76. The molecule has 1 aliphatic rings. The Labute approximate surface area is 135 Å². The highest BCUT2D eigenvalue weighted by molar-refractivity contribution is 7.09. The fourth-order valence-corrected chi connectivity index (χ4v) is 3.70. The van der Waals surface area contributed by atoms with Crippen molar-refractivity contribution in [1.29, 1.82) is 0 Å². The Hall–Kier alpha value is -1.59. The van der Waals surface area contributed by atoms with Crippen LogP contribution in [0.15, 0.2) is 35.8 Å². The molecule has 0 spiro atoms. The molecule has 5 heteroatoms. The van der Waals surface area contributed by atoms with E-state index in [1.807, 2.05) is 30.5 Å². The van der Waals surface area contributed by atoms with E-state index in [1.54, 1.807) is 18.4 Å². The van der Waals surface area contributed by atoms with Gasteiger partial charge in [0.2, 0.25) is 0 Å². The third-order valence-electron chi connectivity index (χ3n) is 4.06. The molecule has 0 radical (unpaired) electrons. The Balaban J connectivity index is 1.52. The van der Waals surface area contributed by atoms with Crippen molar-refractivity contribution >= 4 is 11.3 Å². The number of hydrogen-bond acceptors (Lipinski definition) is 5. The van der Waals surface area contributed by atoms with E-state index >= 15 is 0 Å². The van der Waals surface area contributed by atoms with Crippen molar-refractivity contribution in [2.45, 2.75) is 25.3 Å². The third kappa shape index (κ3) is 3.78. The number of rotatable bonds is 6. The van der Waals surface area contributed by atoms with Crippen LogP contribution in [0.5, 0.6) is 11.5 Å². The lowest BCUT2D eigenvalue weighted by atomic mass is 10.0. The smallest absolute Gasteiger partial charge is 0.119 e. The van der Waals surface area contributed by atoms with Crippen molar-refractivity contribution in [3.05, 3.63) is 40.8 Å². The van der Waals surface area contributed by atoms with Gasteiger partial charge in [-0.05, 0) is 43.7 Å². The van der Waals surface area contributed by atoms with Crippen LogP contribution in [0.2, 0.25) is 0 Å². The van der Waals surface area contributed by atoms with Gasteiger partial charge in [-0.25, -0.2) is 4.98 Å². The molecule has 1 fully saturated rings. The zero-order valence-electron chi connectivity index (χ0n) is 12.9. The Kier molecular flexibility index (Phi) is 5.29. The molecule has 2 aromatic rings. The maximum atomic E-state index is 5.86. The summed E-state index contributed by atoms with van der Waals surface area (Å²) in [5.74, 6) is 1.75. The monoisotopic (exact) mass is 318 g/mol. The van der Waals surface area contributed by atoms with Crippen LogP contribution in [0, 0.1) is 0 Å². The number of methoxy groups -OCH3 is 1. The fourth-order valence-electron chi connectivity index (χ4n) is 2.89. The molecule has 2 heterocycles. The van der Waals surface area contributed by atoms with Gasteiger partial charge in [0.15, 0.2) is 0 Å². The number of aromatic nitrogens is 1. The van der Waals surface area contributed by atoms with Crippen LogP contribution < -0.4 is 9.47 Å². The first-order valence-corrected chi connectivity index (χ1v) is 8.65. The van der Waals surface area contributed by atoms with E-state index in [2.05, 4.69) is 15.3 Å². The second-order valence-corrected chi connectivity index (χ2v) is 6.37. The van der Waals surface area contributed by atoms with E-state index in [0.717, 1.165) is 24.6 Å². The van der Waals surface area contributed by atoms with Crippen LogP contribution in [0.25, 0.3) is 0 Å². The summed E-state index contributed by atoms with van der Waals surface area (Å²) in [6, 6.07) is 8.22. The summed E-state index contributed by atoms with van der Waals surface area (Å²) in [5, 5.41) is 3.31. The maximum Gasteiger partial charge on any atom is 0.119 e. The van der Waals surface area contributed by atoms with Gasteiger partial charge in [-0.1, -0.05) is 6.42 Å². The molecule has 1 atom stereocenters. The van der Waals surface area contributed by atoms with Gasteiger partial charge in [-0.2, -0.15) is 0 Å². The maximum absolute atomic E-state index is 5.86. The summed E-state index contributed by atoms with van der Waals surface area (Å²) in [7, 11) is 1.67. The molecule has 1 aliphatic heterocycles. The normalized spacial score (nSPS) is 19.0. The molecule has 0 N–H and O–H groups in total. The first kappa shape index (κ1) is 15.3. The summed E-state index contributed by atoms with van der Waals surface area (Å²) in [4.78, 5) is 7.00. The Morgan fingerprint density at radius 2 is 2.05 bits per heavy atom. The number of likely N-dealkylation sites (tertiary alicyclic amines) is 1. The summed E-state index contributed by atoms with van der Waals surface area (Å²) < 4.78 is 11.0.